The van der Waals surface area contributed by atoms with Crippen LogP contribution in [0.2, 0.25) is 0 Å². The Kier molecular flexibility index (Phi) is 11.2. The molecule has 0 atom stereocenters. The summed E-state index contributed by atoms with van der Waals surface area (Å²) in [6, 6.07) is 29.8. The van der Waals surface area contributed by atoms with Crippen LogP contribution in [0.15, 0.2) is 109 Å². The number of benzene rings is 2. The molecule has 0 saturated heterocycles. The summed E-state index contributed by atoms with van der Waals surface area (Å²) in [6.07, 6.45) is 6.79. The van der Waals surface area contributed by atoms with Crippen molar-refractivity contribution in [2.75, 3.05) is 14.2 Å². The molecule has 0 aliphatic carbocycles. The van der Waals surface area contributed by atoms with Crippen molar-refractivity contribution in [3.8, 4) is 11.5 Å². The molecule has 5 heteroatoms. The Hall–Kier alpha value is -3.92. The van der Waals surface area contributed by atoms with Crippen LogP contribution in [0.5, 0.6) is 11.5 Å². The fraction of sp³-hybridized carbons (Fsp3) is 0.0667. The number of rotatable bonds is 8. The number of hydrogen-bond donors (Lipinski definition) is 0. The first-order valence-electron chi connectivity index (χ1n) is 10.8. The topological polar surface area (TPSA) is 52.6 Å². The molecule has 4 aromatic rings. The Labute approximate surface area is 216 Å². The van der Waals surface area contributed by atoms with Gasteiger partial charge in [-0.15, -0.1) is 47.5 Å². The monoisotopic (exact) mass is 506 g/mol. The van der Waals surface area contributed by atoms with Gasteiger partial charge >= 0.3 is 17.1 Å². The molecule has 0 heterocycles. The molecule has 35 heavy (non-hydrogen) atoms. The van der Waals surface area contributed by atoms with Crippen molar-refractivity contribution in [3.05, 3.63) is 131 Å². The fourth-order valence-electron chi connectivity index (χ4n) is 3.05. The standard InChI is InChI=1S/2C15H13O2.Fe/c2*1-17-14-9-7-13(8-10-14)15(16)11-6-12-4-2-3-5-12;/h2*2-11H,1H3;/q2*-1;+2/b2*11-6+;. The van der Waals surface area contributed by atoms with Gasteiger partial charge in [0.25, 0.3) is 0 Å². The molecule has 0 spiro atoms. The zero-order valence-corrected chi connectivity index (χ0v) is 20.6. The van der Waals surface area contributed by atoms with Gasteiger partial charge in [0.1, 0.15) is 23.1 Å². The predicted molar refractivity (Wildman–Crippen MR) is 137 cm³/mol. The molecule has 0 fully saturated rings. The van der Waals surface area contributed by atoms with Crippen molar-refractivity contribution in [2.24, 2.45) is 0 Å². The van der Waals surface area contributed by atoms with E-state index in [0.717, 1.165) is 22.6 Å². The van der Waals surface area contributed by atoms with Gasteiger partial charge in [0.05, 0.1) is 14.2 Å². The molecule has 0 aromatic heterocycles. The SMILES string of the molecule is COc1ccc(C(=O)/C=C/[c-]2cccc2)cc1.COc1ccc(C(=O)/C=C/[c-]2cccc2)cc1.[Fe+2]. The second kappa shape index (κ2) is 14.4. The van der Waals surface area contributed by atoms with Crippen LogP contribution >= 0.6 is 0 Å². The van der Waals surface area contributed by atoms with E-state index in [-0.39, 0.29) is 28.6 Å². The summed E-state index contributed by atoms with van der Waals surface area (Å²) in [4.78, 5) is 23.6. The average Bonchev–Trinajstić information content (AvgIpc) is 3.61. The van der Waals surface area contributed by atoms with Crippen LogP contribution in [0.1, 0.15) is 31.8 Å². The number of ether oxygens (including phenoxy) is 2. The Bertz CT molecular complexity index is 1120. The second-order valence-corrected chi connectivity index (χ2v) is 7.29. The zero-order valence-electron chi connectivity index (χ0n) is 19.5. The van der Waals surface area contributed by atoms with E-state index in [9.17, 15) is 9.59 Å². The van der Waals surface area contributed by atoms with Crippen molar-refractivity contribution >= 4 is 23.7 Å². The van der Waals surface area contributed by atoms with E-state index in [1.54, 1.807) is 74.9 Å². The third kappa shape index (κ3) is 8.74. The van der Waals surface area contributed by atoms with Crippen LogP contribution < -0.4 is 9.47 Å². The van der Waals surface area contributed by atoms with Gasteiger partial charge in [0.15, 0.2) is 0 Å². The van der Waals surface area contributed by atoms with E-state index in [1.807, 2.05) is 60.7 Å². The Morgan fingerprint density at radius 2 is 0.914 bits per heavy atom. The summed E-state index contributed by atoms with van der Waals surface area (Å²) in [5.41, 5.74) is 3.39. The molecule has 0 bridgehead atoms. The first kappa shape index (κ1) is 27.3. The van der Waals surface area contributed by atoms with Gasteiger partial charge in [-0.3, -0.25) is 0 Å². The number of allylic oxidation sites excluding steroid dienone is 2. The van der Waals surface area contributed by atoms with Gasteiger partial charge in [-0.25, -0.2) is 0 Å². The normalized spacial score (nSPS) is 10.3. The molecular formula is C30H26FeO4. The third-order valence-corrected chi connectivity index (χ3v) is 4.98. The molecule has 0 saturated carbocycles. The maximum absolute atomic E-state index is 11.8. The van der Waals surface area contributed by atoms with Crippen molar-refractivity contribution in [1.82, 2.24) is 0 Å². The molecular weight excluding hydrogens is 480 g/mol. The van der Waals surface area contributed by atoms with E-state index in [1.165, 1.54) is 0 Å². The molecule has 0 aliphatic rings. The molecule has 4 nitrogen and oxygen atoms in total. The molecule has 4 aromatic carbocycles. The summed E-state index contributed by atoms with van der Waals surface area (Å²) >= 11 is 0. The summed E-state index contributed by atoms with van der Waals surface area (Å²) < 4.78 is 10.1. The second-order valence-electron chi connectivity index (χ2n) is 7.29. The molecule has 0 unspecified atom stereocenters. The Balaban J connectivity index is 0.000000240. The van der Waals surface area contributed by atoms with Crippen LogP contribution in [0.25, 0.3) is 12.2 Å². The summed E-state index contributed by atoms with van der Waals surface area (Å²) in [6.45, 7) is 0. The van der Waals surface area contributed by atoms with Gasteiger partial charge in [0, 0.05) is 11.1 Å². The van der Waals surface area contributed by atoms with Crippen molar-refractivity contribution < 1.29 is 36.1 Å². The average molecular weight is 506 g/mol. The van der Waals surface area contributed by atoms with E-state index < -0.39 is 0 Å². The largest absolute Gasteiger partial charge is 2.00 e. The van der Waals surface area contributed by atoms with E-state index >= 15 is 0 Å². The number of carbonyl (C=O) groups is 2. The van der Waals surface area contributed by atoms with Crippen molar-refractivity contribution in [3.63, 3.8) is 0 Å². The van der Waals surface area contributed by atoms with Crippen LogP contribution in [0.3, 0.4) is 0 Å². The fourth-order valence-corrected chi connectivity index (χ4v) is 3.05. The van der Waals surface area contributed by atoms with Crippen LogP contribution in [0.4, 0.5) is 0 Å². The van der Waals surface area contributed by atoms with Crippen LogP contribution in [0, 0.1) is 0 Å². The predicted octanol–water partition coefficient (Wildman–Crippen LogP) is 6.62. The molecule has 0 amide bonds. The van der Waals surface area contributed by atoms with Gasteiger partial charge in [-0.1, -0.05) is 12.2 Å². The quantitative estimate of drug-likeness (QED) is 0.117. The van der Waals surface area contributed by atoms with Gasteiger partial charge in [-0.2, -0.15) is 24.3 Å². The summed E-state index contributed by atoms with van der Waals surface area (Å²) in [5.74, 6) is 1.49. The van der Waals surface area contributed by atoms with Crippen LogP contribution in [-0.2, 0) is 17.1 Å². The third-order valence-electron chi connectivity index (χ3n) is 4.98. The minimum atomic E-state index is -0.00569. The number of methoxy groups -OCH3 is 2. The first-order chi connectivity index (χ1) is 16.6. The molecule has 0 N–H and O–H groups in total. The minimum absolute atomic E-state index is 0. The minimum Gasteiger partial charge on any atom is -0.497 e. The smallest absolute Gasteiger partial charge is 0.497 e. The van der Waals surface area contributed by atoms with Gasteiger partial charge in [0.2, 0.25) is 0 Å². The number of hydrogen-bond acceptors (Lipinski definition) is 4. The molecule has 178 valence electrons. The number of ketones is 2. The zero-order chi connectivity index (χ0) is 24.2. The Morgan fingerprint density at radius 1 is 0.600 bits per heavy atom. The maximum atomic E-state index is 11.8. The van der Waals surface area contributed by atoms with Gasteiger partial charge in [-0.05, 0) is 48.5 Å². The number of carbonyl (C=O) groups excluding carboxylic acids is 2. The first-order valence-corrected chi connectivity index (χ1v) is 10.8. The van der Waals surface area contributed by atoms with E-state index in [0.29, 0.717) is 11.1 Å². The Morgan fingerprint density at radius 3 is 1.20 bits per heavy atom. The van der Waals surface area contributed by atoms with Crippen LogP contribution in [-0.4, -0.2) is 25.8 Å². The van der Waals surface area contributed by atoms with Crippen molar-refractivity contribution in [2.45, 2.75) is 0 Å². The maximum Gasteiger partial charge on any atom is 2.00 e. The molecule has 0 radical (unpaired) electrons. The van der Waals surface area contributed by atoms with Crippen molar-refractivity contribution in [1.29, 1.82) is 0 Å². The summed E-state index contributed by atoms with van der Waals surface area (Å²) in [5, 5.41) is 0. The van der Waals surface area contributed by atoms with E-state index in [4.69, 9.17) is 9.47 Å². The van der Waals surface area contributed by atoms with E-state index in [2.05, 4.69) is 0 Å². The van der Waals surface area contributed by atoms with Gasteiger partial charge < -0.3 is 19.1 Å². The molecule has 4 rings (SSSR count). The molecule has 0 aliphatic heterocycles. The summed E-state index contributed by atoms with van der Waals surface area (Å²) in [7, 11) is 3.21.